The number of hydrogen-bond acceptors (Lipinski definition) is 4. The summed E-state index contributed by atoms with van der Waals surface area (Å²) in [5.41, 5.74) is 2.47. The molecule has 1 aromatic carbocycles. The molecule has 0 amide bonds. The predicted octanol–water partition coefficient (Wildman–Crippen LogP) is 3.25. The van der Waals surface area contributed by atoms with Crippen LogP contribution in [0.25, 0.3) is 0 Å². The lowest BCUT2D eigenvalue weighted by Crippen LogP contribution is -2.06. The van der Waals surface area contributed by atoms with E-state index >= 15 is 0 Å². The number of carboxylic acids is 1. The van der Waals surface area contributed by atoms with Crippen LogP contribution in [-0.2, 0) is 17.6 Å². The Hall–Kier alpha value is -1.59. The number of carbonyl (C=O) groups excluding carboxylic acids is 1. The van der Waals surface area contributed by atoms with Crippen LogP contribution in [0.5, 0.6) is 0 Å². The van der Waals surface area contributed by atoms with E-state index < -0.39 is 5.97 Å². The quantitative estimate of drug-likeness (QED) is 0.881. The third-order valence-corrected chi connectivity index (χ3v) is 5.24. The fourth-order valence-electron chi connectivity index (χ4n) is 2.36. The van der Waals surface area contributed by atoms with Gasteiger partial charge in [0.1, 0.15) is 0 Å². The topological polar surface area (TPSA) is 54.4 Å². The number of carboxylic acid groups (broad SMARTS) is 1. The van der Waals surface area contributed by atoms with Crippen molar-refractivity contribution < 1.29 is 14.7 Å². The monoisotopic (exact) mass is 304 g/mol. The number of benzene rings is 1. The van der Waals surface area contributed by atoms with Gasteiger partial charge in [-0.1, -0.05) is 12.1 Å². The van der Waals surface area contributed by atoms with Crippen molar-refractivity contribution in [2.45, 2.75) is 17.7 Å². The van der Waals surface area contributed by atoms with Gasteiger partial charge in [0.05, 0.1) is 11.3 Å². The lowest BCUT2D eigenvalue weighted by atomic mass is 9.99. The van der Waals surface area contributed by atoms with Gasteiger partial charge in [0, 0.05) is 16.2 Å². The molecule has 2 heterocycles. The van der Waals surface area contributed by atoms with Gasteiger partial charge in [-0.15, -0.1) is 23.1 Å². The van der Waals surface area contributed by atoms with Crippen molar-refractivity contribution in [1.82, 2.24) is 0 Å². The van der Waals surface area contributed by atoms with E-state index in [0.29, 0.717) is 16.0 Å². The largest absolute Gasteiger partial charge is 0.481 e. The summed E-state index contributed by atoms with van der Waals surface area (Å²) in [6, 6.07) is 7.33. The van der Waals surface area contributed by atoms with Crippen LogP contribution in [0.2, 0.25) is 0 Å². The maximum Gasteiger partial charge on any atom is 0.307 e. The first-order valence-corrected chi connectivity index (χ1v) is 8.10. The van der Waals surface area contributed by atoms with Crippen LogP contribution in [0.15, 0.2) is 34.5 Å². The molecule has 3 nitrogen and oxygen atoms in total. The van der Waals surface area contributed by atoms with E-state index in [1.165, 1.54) is 11.3 Å². The van der Waals surface area contributed by atoms with Gasteiger partial charge in [-0.3, -0.25) is 9.59 Å². The van der Waals surface area contributed by atoms with Crippen LogP contribution in [0.4, 0.5) is 0 Å². The first-order valence-electron chi connectivity index (χ1n) is 6.24. The number of ketones is 1. The van der Waals surface area contributed by atoms with Gasteiger partial charge >= 0.3 is 5.97 Å². The summed E-state index contributed by atoms with van der Waals surface area (Å²) in [6.45, 7) is 0. The predicted molar refractivity (Wildman–Crippen MR) is 80.0 cm³/mol. The minimum Gasteiger partial charge on any atom is -0.481 e. The van der Waals surface area contributed by atoms with Crippen LogP contribution in [0.1, 0.15) is 26.4 Å². The molecule has 1 aromatic heterocycles. The van der Waals surface area contributed by atoms with Gasteiger partial charge in [-0.25, -0.2) is 0 Å². The number of thiophene rings is 1. The lowest BCUT2D eigenvalue weighted by molar-refractivity contribution is -0.136. The van der Waals surface area contributed by atoms with Crippen molar-refractivity contribution in [3.05, 3.63) is 51.2 Å². The van der Waals surface area contributed by atoms with Crippen LogP contribution in [0, 0.1) is 0 Å². The number of hydrogen-bond donors (Lipinski definition) is 1. The Morgan fingerprint density at radius 2 is 2.15 bits per heavy atom. The van der Waals surface area contributed by atoms with E-state index in [-0.39, 0.29) is 12.2 Å². The van der Waals surface area contributed by atoms with Crippen LogP contribution < -0.4 is 0 Å². The summed E-state index contributed by atoms with van der Waals surface area (Å²) in [4.78, 5) is 25.2. The average molecular weight is 304 g/mol. The Morgan fingerprint density at radius 3 is 2.85 bits per heavy atom. The Labute approximate surface area is 124 Å². The van der Waals surface area contributed by atoms with Crippen molar-refractivity contribution in [2.24, 2.45) is 0 Å². The zero-order valence-electron chi connectivity index (χ0n) is 10.6. The number of carbonyl (C=O) groups is 2. The average Bonchev–Trinajstić information content (AvgIpc) is 3.07. The maximum atomic E-state index is 12.6. The molecular weight excluding hydrogens is 292 g/mol. The molecule has 0 saturated carbocycles. The van der Waals surface area contributed by atoms with Crippen molar-refractivity contribution in [3.8, 4) is 0 Å². The van der Waals surface area contributed by atoms with E-state index in [9.17, 15) is 9.59 Å². The highest BCUT2D eigenvalue weighted by Gasteiger charge is 2.23. The number of aliphatic carboxylic acids is 1. The van der Waals surface area contributed by atoms with E-state index in [0.717, 1.165) is 22.6 Å². The van der Waals surface area contributed by atoms with Crippen LogP contribution >= 0.6 is 23.1 Å². The third kappa shape index (κ3) is 2.51. The summed E-state index contributed by atoms with van der Waals surface area (Å²) < 4.78 is 0. The van der Waals surface area contributed by atoms with Gasteiger partial charge in [0.15, 0.2) is 0 Å². The highest BCUT2D eigenvalue weighted by atomic mass is 32.2. The Balaban J connectivity index is 2.07. The minimum absolute atomic E-state index is 0.00195. The van der Waals surface area contributed by atoms with Gasteiger partial charge in [-0.2, -0.15) is 0 Å². The summed E-state index contributed by atoms with van der Waals surface area (Å²) in [6.07, 6.45) is 0.862. The standard InChI is InChI=1S/C15H12O3S2/c16-13(17)8-9-6-10-3-5-20-15(10)11(7-9)14(18)12-2-1-4-19-12/h1-2,4,6-7H,3,5,8H2,(H,16,17). The SMILES string of the molecule is O=C(O)Cc1cc2c(c(C(=O)c3cccs3)c1)SCC2. The molecule has 3 rings (SSSR count). The van der Waals surface area contributed by atoms with E-state index in [4.69, 9.17) is 5.11 Å². The second kappa shape index (κ2) is 5.42. The second-order valence-corrected chi connectivity index (χ2v) is 6.66. The van der Waals surface area contributed by atoms with E-state index in [1.54, 1.807) is 17.8 Å². The van der Waals surface area contributed by atoms with Crippen molar-refractivity contribution in [3.63, 3.8) is 0 Å². The van der Waals surface area contributed by atoms with E-state index in [1.807, 2.05) is 23.6 Å². The molecule has 0 unspecified atom stereocenters. The zero-order valence-corrected chi connectivity index (χ0v) is 12.2. The number of fused-ring (bicyclic) bond motifs is 1. The molecule has 0 saturated heterocycles. The molecule has 20 heavy (non-hydrogen) atoms. The lowest BCUT2D eigenvalue weighted by Gasteiger charge is -2.09. The molecule has 5 heteroatoms. The van der Waals surface area contributed by atoms with E-state index in [2.05, 4.69) is 0 Å². The van der Waals surface area contributed by atoms with Gasteiger partial charge < -0.3 is 5.11 Å². The van der Waals surface area contributed by atoms with Crippen molar-refractivity contribution in [1.29, 1.82) is 0 Å². The van der Waals surface area contributed by atoms with Gasteiger partial charge in [0.25, 0.3) is 0 Å². The molecule has 0 atom stereocenters. The maximum absolute atomic E-state index is 12.6. The molecular formula is C15H12O3S2. The van der Waals surface area contributed by atoms with Crippen LogP contribution in [-0.4, -0.2) is 22.6 Å². The Kier molecular flexibility index (Phi) is 3.63. The first-order chi connectivity index (χ1) is 9.65. The van der Waals surface area contributed by atoms with Gasteiger partial charge in [0.2, 0.25) is 5.78 Å². The number of rotatable bonds is 4. The Bertz CT molecular complexity index is 675. The summed E-state index contributed by atoms with van der Waals surface area (Å²) in [5, 5.41) is 10.8. The molecule has 0 bridgehead atoms. The number of thioether (sulfide) groups is 1. The molecule has 1 N–H and O–H groups in total. The summed E-state index contributed by atoms with van der Waals surface area (Å²) >= 11 is 3.10. The Morgan fingerprint density at radius 1 is 1.30 bits per heavy atom. The third-order valence-electron chi connectivity index (χ3n) is 3.19. The zero-order chi connectivity index (χ0) is 14.1. The second-order valence-electron chi connectivity index (χ2n) is 4.61. The summed E-state index contributed by atoms with van der Waals surface area (Å²) in [7, 11) is 0. The highest BCUT2D eigenvalue weighted by Crippen LogP contribution is 2.37. The summed E-state index contributed by atoms with van der Waals surface area (Å²) in [5.74, 6) is 0.0827. The van der Waals surface area contributed by atoms with Crippen molar-refractivity contribution in [2.75, 3.05) is 5.75 Å². The smallest absolute Gasteiger partial charge is 0.307 e. The van der Waals surface area contributed by atoms with Crippen molar-refractivity contribution >= 4 is 34.9 Å². The number of aryl methyl sites for hydroxylation is 1. The fourth-order valence-corrected chi connectivity index (χ4v) is 4.22. The molecule has 102 valence electrons. The fraction of sp³-hybridized carbons (Fsp3) is 0.200. The van der Waals surface area contributed by atoms with Crippen LogP contribution in [0.3, 0.4) is 0 Å². The molecule has 0 fully saturated rings. The highest BCUT2D eigenvalue weighted by molar-refractivity contribution is 7.99. The van der Waals surface area contributed by atoms with Gasteiger partial charge in [-0.05, 0) is 35.1 Å². The first kappa shape index (κ1) is 13.4. The normalized spacial score (nSPS) is 13.2. The molecule has 1 aliphatic rings. The molecule has 1 aliphatic heterocycles. The molecule has 2 aromatic rings. The molecule has 0 aliphatic carbocycles. The molecule has 0 radical (unpaired) electrons. The minimum atomic E-state index is -0.870. The molecule has 0 spiro atoms.